The SMILES string of the molecule is CCn1c(CC2CCCCC2)nnc1SCC(=O)Nc1ccc(OC)cc1OC. The Kier molecular flexibility index (Phi) is 7.80. The molecule has 1 aliphatic rings. The van der Waals surface area contributed by atoms with Crippen LogP contribution < -0.4 is 14.8 Å². The van der Waals surface area contributed by atoms with Gasteiger partial charge in [-0.05, 0) is 25.0 Å². The van der Waals surface area contributed by atoms with Crippen molar-refractivity contribution in [3.63, 3.8) is 0 Å². The number of hydrogen-bond acceptors (Lipinski definition) is 6. The van der Waals surface area contributed by atoms with E-state index in [1.165, 1.54) is 43.9 Å². The number of rotatable bonds is 9. The first-order valence-corrected chi connectivity index (χ1v) is 11.2. The van der Waals surface area contributed by atoms with Crippen molar-refractivity contribution >= 4 is 23.4 Å². The normalized spacial score (nSPS) is 14.6. The summed E-state index contributed by atoms with van der Waals surface area (Å²) < 4.78 is 12.7. The number of thioether (sulfide) groups is 1. The summed E-state index contributed by atoms with van der Waals surface area (Å²) in [5.74, 6) is 3.14. The van der Waals surface area contributed by atoms with E-state index in [9.17, 15) is 4.79 Å². The summed E-state index contributed by atoms with van der Waals surface area (Å²) in [6.07, 6.45) is 7.54. The second-order valence-corrected chi connectivity index (χ2v) is 8.20. The molecular weight excluding hydrogens is 388 g/mol. The molecule has 2 aromatic rings. The molecule has 0 spiro atoms. The van der Waals surface area contributed by atoms with Crippen molar-refractivity contribution in [2.75, 3.05) is 25.3 Å². The number of methoxy groups -OCH3 is 2. The fourth-order valence-corrected chi connectivity index (χ4v) is 4.58. The number of nitrogens with zero attached hydrogens (tertiary/aromatic N) is 3. The van der Waals surface area contributed by atoms with Crippen LogP contribution in [0.1, 0.15) is 44.9 Å². The lowest BCUT2D eigenvalue weighted by Gasteiger charge is -2.21. The van der Waals surface area contributed by atoms with Crippen LogP contribution in [-0.2, 0) is 17.8 Å². The Bertz CT molecular complexity index is 818. The summed E-state index contributed by atoms with van der Waals surface area (Å²) in [5, 5.41) is 12.5. The van der Waals surface area contributed by atoms with Crippen LogP contribution >= 0.6 is 11.8 Å². The Balaban J connectivity index is 1.58. The highest BCUT2D eigenvalue weighted by atomic mass is 32.2. The average Bonchev–Trinajstić information content (AvgIpc) is 3.14. The maximum atomic E-state index is 12.5. The molecule has 29 heavy (non-hydrogen) atoms. The maximum Gasteiger partial charge on any atom is 0.234 e. The van der Waals surface area contributed by atoms with E-state index in [1.54, 1.807) is 32.4 Å². The molecule has 1 heterocycles. The number of benzene rings is 1. The minimum Gasteiger partial charge on any atom is -0.497 e. The molecule has 158 valence electrons. The van der Waals surface area contributed by atoms with Crippen molar-refractivity contribution in [2.24, 2.45) is 5.92 Å². The van der Waals surface area contributed by atoms with E-state index in [2.05, 4.69) is 27.0 Å². The fraction of sp³-hybridized carbons (Fsp3) is 0.571. The Morgan fingerprint density at radius 1 is 1.21 bits per heavy atom. The lowest BCUT2D eigenvalue weighted by molar-refractivity contribution is -0.113. The molecule has 0 unspecified atom stereocenters. The minimum atomic E-state index is -0.113. The van der Waals surface area contributed by atoms with Gasteiger partial charge < -0.3 is 19.4 Å². The molecule has 0 bridgehead atoms. The Morgan fingerprint density at radius 3 is 2.69 bits per heavy atom. The molecule has 3 rings (SSSR count). The van der Waals surface area contributed by atoms with E-state index in [0.717, 1.165) is 23.9 Å². The first kappa shape index (κ1) is 21.5. The van der Waals surface area contributed by atoms with Crippen LogP contribution in [0.25, 0.3) is 0 Å². The van der Waals surface area contributed by atoms with Gasteiger partial charge >= 0.3 is 0 Å². The zero-order chi connectivity index (χ0) is 20.6. The molecule has 1 fully saturated rings. The van der Waals surface area contributed by atoms with E-state index in [0.29, 0.717) is 23.1 Å². The predicted octanol–water partition coefficient (Wildman–Crippen LogP) is 4.17. The first-order valence-electron chi connectivity index (χ1n) is 10.2. The average molecular weight is 419 g/mol. The van der Waals surface area contributed by atoms with Gasteiger partial charge in [-0.3, -0.25) is 4.79 Å². The van der Waals surface area contributed by atoms with Gasteiger partial charge in [0.05, 0.1) is 25.7 Å². The highest BCUT2D eigenvalue weighted by Crippen LogP contribution is 2.30. The smallest absolute Gasteiger partial charge is 0.234 e. The van der Waals surface area contributed by atoms with E-state index in [1.807, 2.05) is 0 Å². The lowest BCUT2D eigenvalue weighted by atomic mass is 9.87. The Hall–Kier alpha value is -2.22. The number of amides is 1. The molecule has 1 N–H and O–H groups in total. The van der Waals surface area contributed by atoms with Gasteiger partial charge in [0.15, 0.2) is 5.16 Å². The highest BCUT2D eigenvalue weighted by molar-refractivity contribution is 7.99. The largest absolute Gasteiger partial charge is 0.497 e. The Morgan fingerprint density at radius 2 is 2.00 bits per heavy atom. The van der Waals surface area contributed by atoms with Crippen LogP contribution in [0.5, 0.6) is 11.5 Å². The van der Waals surface area contributed by atoms with Crippen LogP contribution in [0, 0.1) is 5.92 Å². The van der Waals surface area contributed by atoms with Crippen molar-refractivity contribution in [1.82, 2.24) is 14.8 Å². The topological polar surface area (TPSA) is 78.3 Å². The number of ether oxygens (including phenoxy) is 2. The van der Waals surface area contributed by atoms with Crippen LogP contribution in [0.4, 0.5) is 5.69 Å². The first-order chi connectivity index (χ1) is 14.1. The Labute approximate surface area is 176 Å². The van der Waals surface area contributed by atoms with Crippen LogP contribution in [0.15, 0.2) is 23.4 Å². The summed E-state index contributed by atoms with van der Waals surface area (Å²) >= 11 is 1.41. The lowest BCUT2D eigenvalue weighted by Crippen LogP contribution is -2.16. The second kappa shape index (κ2) is 10.5. The summed E-state index contributed by atoms with van der Waals surface area (Å²) in [4.78, 5) is 12.5. The highest BCUT2D eigenvalue weighted by Gasteiger charge is 2.19. The van der Waals surface area contributed by atoms with E-state index in [4.69, 9.17) is 9.47 Å². The molecule has 0 radical (unpaired) electrons. The summed E-state index contributed by atoms with van der Waals surface area (Å²) in [7, 11) is 3.16. The van der Waals surface area contributed by atoms with Crippen molar-refractivity contribution in [3.05, 3.63) is 24.0 Å². The third-order valence-corrected chi connectivity index (χ3v) is 6.29. The number of carbonyl (C=O) groups excluding carboxylic acids is 1. The summed E-state index contributed by atoms with van der Waals surface area (Å²) in [6.45, 7) is 2.91. The molecule has 1 aliphatic carbocycles. The van der Waals surface area contributed by atoms with Gasteiger partial charge in [-0.25, -0.2) is 0 Å². The van der Waals surface area contributed by atoms with Crippen LogP contribution in [-0.4, -0.2) is 40.6 Å². The molecule has 1 amide bonds. The molecular formula is C21H30N4O3S. The fourth-order valence-electron chi connectivity index (χ4n) is 3.76. The van der Waals surface area contributed by atoms with Crippen molar-refractivity contribution < 1.29 is 14.3 Å². The maximum absolute atomic E-state index is 12.5. The minimum absolute atomic E-state index is 0.113. The van der Waals surface area contributed by atoms with Gasteiger partial charge in [0.1, 0.15) is 17.3 Å². The summed E-state index contributed by atoms with van der Waals surface area (Å²) in [5.41, 5.74) is 0.619. The molecule has 7 nitrogen and oxygen atoms in total. The molecule has 1 aromatic carbocycles. The van der Waals surface area contributed by atoms with E-state index < -0.39 is 0 Å². The standard InChI is InChI=1S/C21H30N4O3S/c1-4-25-19(12-15-8-6-5-7-9-15)23-24-21(25)29-14-20(26)22-17-11-10-16(27-2)13-18(17)28-3/h10-11,13,15H,4-9,12,14H2,1-3H3,(H,22,26). The number of aromatic nitrogens is 3. The van der Waals surface area contributed by atoms with Crippen molar-refractivity contribution in [3.8, 4) is 11.5 Å². The molecule has 8 heteroatoms. The summed E-state index contributed by atoms with van der Waals surface area (Å²) in [6, 6.07) is 5.31. The zero-order valence-electron chi connectivity index (χ0n) is 17.4. The number of nitrogens with one attached hydrogen (secondary N) is 1. The van der Waals surface area contributed by atoms with Gasteiger partial charge in [-0.15, -0.1) is 10.2 Å². The predicted molar refractivity (Wildman–Crippen MR) is 115 cm³/mol. The van der Waals surface area contributed by atoms with E-state index >= 15 is 0 Å². The van der Waals surface area contributed by atoms with Crippen LogP contribution in [0.3, 0.4) is 0 Å². The van der Waals surface area contributed by atoms with Gasteiger partial charge in [0, 0.05) is 19.0 Å². The second-order valence-electron chi connectivity index (χ2n) is 7.25. The molecule has 0 saturated heterocycles. The third kappa shape index (κ3) is 5.65. The third-order valence-electron chi connectivity index (χ3n) is 5.32. The number of carbonyl (C=O) groups is 1. The quantitative estimate of drug-likeness (QED) is 0.616. The van der Waals surface area contributed by atoms with Gasteiger partial charge in [0.2, 0.25) is 5.91 Å². The molecule has 0 aliphatic heterocycles. The molecule has 1 aromatic heterocycles. The van der Waals surface area contributed by atoms with Gasteiger partial charge in [-0.1, -0.05) is 43.9 Å². The molecule has 1 saturated carbocycles. The number of hydrogen-bond donors (Lipinski definition) is 1. The van der Waals surface area contributed by atoms with Gasteiger partial charge in [0.25, 0.3) is 0 Å². The zero-order valence-corrected chi connectivity index (χ0v) is 18.3. The molecule has 0 atom stereocenters. The van der Waals surface area contributed by atoms with Gasteiger partial charge in [-0.2, -0.15) is 0 Å². The number of anilines is 1. The monoisotopic (exact) mass is 418 g/mol. The van der Waals surface area contributed by atoms with Crippen molar-refractivity contribution in [1.29, 1.82) is 0 Å². The van der Waals surface area contributed by atoms with Crippen molar-refractivity contribution in [2.45, 2.75) is 57.1 Å². The van der Waals surface area contributed by atoms with E-state index in [-0.39, 0.29) is 11.7 Å². The van der Waals surface area contributed by atoms with Crippen LogP contribution in [0.2, 0.25) is 0 Å².